The van der Waals surface area contributed by atoms with Crippen LogP contribution in [0.15, 0.2) is 54.6 Å². The van der Waals surface area contributed by atoms with E-state index in [1.54, 1.807) is 0 Å². The molecule has 0 aromatic heterocycles. The zero-order valence-electron chi connectivity index (χ0n) is 8.62. The summed E-state index contributed by atoms with van der Waals surface area (Å²) in [6.07, 6.45) is 0. The van der Waals surface area contributed by atoms with E-state index in [9.17, 15) is 0 Å². The molecule has 2 aromatic carbocycles. The number of hydrogen-bond acceptors (Lipinski definition) is 0. The molecule has 0 atom stereocenters. The van der Waals surface area contributed by atoms with Crippen molar-refractivity contribution in [1.29, 1.82) is 0 Å². The maximum Gasteiger partial charge on any atom is 0.0623 e. The third-order valence-corrected chi connectivity index (χ3v) is 2.17. The van der Waals surface area contributed by atoms with E-state index in [-0.39, 0.29) is 0 Å². The highest BCUT2D eigenvalue weighted by Crippen LogP contribution is 2.21. The first-order chi connectivity index (χ1) is 6.77. The van der Waals surface area contributed by atoms with Gasteiger partial charge in [0.05, 0.1) is 1.37 Å². The van der Waals surface area contributed by atoms with Gasteiger partial charge in [-0.1, -0.05) is 54.6 Å². The molecule has 64 valence electrons. The van der Waals surface area contributed by atoms with E-state index in [1.165, 1.54) is 11.1 Å². The van der Waals surface area contributed by atoms with Gasteiger partial charge in [-0.05, 0) is 23.6 Å². The molecule has 0 heteroatoms. The Bertz CT molecular complexity index is 432. The molecule has 0 heterocycles. The normalized spacial score (nSPS) is 11.0. The van der Waals surface area contributed by atoms with Crippen LogP contribution in [0.5, 0.6) is 0 Å². The van der Waals surface area contributed by atoms with Gasteiger partial charge in [0.15, 0.2) is 0 Å². The monoisotopic (exact) mass is 169 g/mol. The van der Waals surface area contributed by atoms with Crippen molar-refractivity contribution in [1.82, 2.24) is 0 Å². The van der Waals surface area contributed by atoms with Gasteiger partial charge in [-0.15, -0.1) is 0 Å². The van der Waals surface area contributed by atoms with Crippen molar-refractivity contribution in [3.63, 3.8) is 0 Å². The second-order valence-corrected chi connectivity index (χ2v) is 3.11. The molecule has 0 radical (unpaired) electrons. The number of aryl methyl sites for hydroxylation is 1. The van der Waals surface area contributed by atoms with Crippen LogP contribution < -0.4 is 0 Å². The van der Waals surface area contributed by atoms with Crippen molar-refractivity contribution in [2.24, 2.45) is 0 Å². The second-order valence-electron chi connectivity index (χ2n) is 3.11. The Morgan fingerprint density at radius 2 is 1.69 bits per heavy atom. The fourth-order valence-electron chi connectivity index (χ4n) is 1.44. The topological polar surface area (TPSA) is 0 Å². The molecule has 0 spiro atoms. The maximum atomic E-state index is 7.58. The second kappa shape index (κ2) is 3.44. The van der Waals surface area contributed by atoms with Crippen LogP contribution in [0.3, 0.4) is 0 Å². The van der Waals surface area contributed by atoms with E-state index < -0.39 is 0 Å². The Hall–Kier alpha value is -1.56. The highest BCUT2D eigenvalue weighted by molar-refractivity contribution is 5.66. The lowest BCUT2D eigenvalue weighted by atomic mass is 10.0. The van der Waals surface area contributed by atoms with E-state index >= 15 is 0 Å². The molecule has 0 bridgehead atoms. The van der Waals surface area contributed by atoms with Gasteiger partial charge >= 0.3 is 0 Å². The molecule has 0 aliphatic carbocycles. The predicted octanol–water partition coefficient (Wildman–Crippen LogP) is 3.66. The first-order valence-electron chi connectivity index (χ1n) is 4.90. The fourth-order valence-corrected chi connectivity index (χ4v) is 1.44. The van der Waals surface area contributed by atoms with Crippen LogP contribution in [0.25, 0.3) is 11.1 Å². The summed E-state index contributed by atoms with van der Waals surface area (Å²) < 4.78 is 7.58. The zero-order chi connectivity index (χ0) is 9.97. The summed E-state index contributed by atoms with van der Waals surface area (Å²) in [6.45, 7) is 2.07. The summed E-state index contributed by atoms with van der Waals surface area (Å²) in [6, 6.07) is 16.5. The molecule has 0 nitrogen and oxygen atoms in total. The van der Waals surface area contributed by atoms with Gasteiger partial charge in [-0.2, -0.15) is 0 Å². The minimum absolute atomic E-state index is 0.564. The van der Waals surface area contributed by atoms with Crippen LogP contribution in [0, 0.1) is 6.92 Å². The highest BCUT2D eigenvalue weighted by Gasteiger charge is 1.97. The lowest BCUT2D eigenvalue weighted by Gasteiger charge is -2.04. The molecule has 2 rings (SSSR count). The lowest BCUT2D eigenvalue weighted by molar-refractivity contribution is 1.46. The van der Waals surface area contributed by atoms with Gasteiger partial charge in [0.2, 0.25) is 0 Å². The molecular formula is C13H12. The molecule has 0 N–H and O–H groups in total. The van der Waals surface area contributed by atoms with Crippen LogP contribution in [0.2, 0.25) is 0 Å². The van der Waals surface area contributed by atoms with Crippen molar-refractivity contribution in [3.8, 4) is 11.1 Å². The van der Waals surface area contributed by atoms with Gasteiger partial charge in [0.25, 0.3) is 0 Å². The molecular weight excluding hydrogens is 156 g/mol. The Morgan fingerprint density at radius 3 is 2.46 bits per heavy atom. The van der Waals surface area contributed by atoms with Crippen molar-refractivity contribution in [3.05, 3.63) is 60.1 Å². The SMILES string of the molecule is [2H]c1ccc(C)c(-c2ccccc2)c1. The van der Waals surface area contributed by atoms with Crippen LogP contribution >= 0.6 is 0 Å². The standard InChI is InChI=1S/C13H12/c1-11-7-5-6-10-13(11)12-8-3-2-4-9-12/h2-10H,1H3/i6D. The van der Waals surface area contributed by atoms with Gasteiger partial charge in [0.1, 0.15) is 0 Å². The lowest BCUT2D eigenvalue weighted by Crippen LogP contribution is -1.80. The van der Waals surface area contributed by atoms with Crippen molar-refractivity contribution in [2.45, 2.75) is 6.92 Å². The van der Waals surface area contributed by atoms with Crippen molar-refractivity contribution >= 4 is 0 Å². The largest absolute Gasteiger partial charge is 0.0623 e. The minimum Gasteiger partial charge on any atom is -0.0622 e. The predicted molar refractivity (Wildman–Crippen MR) is 56.6 cm³/mol. The smallest absolute Gasteiger partial charge is 0.0622 e. The average molecular weight is 169 g/mol. The number of hydrogen-bond donors (Lipinski definition) is 0. The van der Waals surface area contributed by atoms with Crippen molar-refractivity contribution < 1.29 is 1.37 Å². The van der Waals surface area contributed by atoms with Gasteiger partial charge in [-0.3, -0.25) is 0 Å². The summed E-state index contributed by atoms with van der Waals surface area (Å²) in [5.41, 5.74) is 3.55. The third-order valence-electron chi connectivity index (χ3n) is 2.17. The van der Waals surface area contributed by atoms with E-state index in [4.69, 9.17) is 1.37 Å². The summed E-state index contributed by atoms with van der Waals surface area (Å²) in [5, 5.41) is 0. The van der Waals surface area contributed by atoms with Crippen molar-refractivity contribution in [2.75, 3.05) is 0 Å². The first-order valence-corrected chi connectivity index (χ1v) is 4.40. The summed E-state index contributed by atoms with van der Waals surface area (Å²) in [7, 11) is 0. The fraction of sp³-hybridized carbons (Fsp3) is 0.0769. The molecule has 2 aromatic rings. The minimum atomic E-state index is 0.564. The molecule has 13 heavy (non-hydrogen) atoms. The Labute approximate surface area is 80.3 Å². The van der Waals surface area contributed by atoms with Gasteiger partial charge < -0.3 is 0 Å². The highest BCUT2D eigenvalue weighted by atomic mass is 14.0. The van der Waals surface area contributed by atoms with E-state index in [1.807, 2.05) is 36.4 Å². The van der Waals surface area contributed by atoms with Crippen LogP contribution in [-0.4, -0.2) is 0 Å². The first kappa shape index (κ1) is 6.90. The summed E-state index contributed by atoms with van der Waals surface area (Å²) in [5.74, 6) is 0. The maximum absolute atomic E-state index is 7.58. The van der Waals surface area contributed by atoms with Gasteiger partial charge in [-0.25, -0.2) is 0 Å². The number of benzene rings is 2. The molecule has 0 fully saturated rings. The zero-order valence-corrected chi connectivity index (χ0v) is 7.62. The Kier molecular flexibility index (Phi) is 1.83. The summed E-state index contributed by atoms with van der Waals surface area (Å²) in [4.78, 5) is 0. The molecule has 0 aliphatic heterocycles. The van der Waals surface area contributed by atoms with Crippen LogP contribution in [0.1, 0.15) is 6.93 Å². The number of rotatable bonds is 1. The summed E-state index contributed by atoms with van der Waals surface area (Å²) >= 11 is 0. The van der Waals surface area contributed by atoms with E-state index in [0.717, 1.165) is 5.56 Å². The van der Waals surface area contributed by atoms with Gasteiger partial charge in [0, 0.05) is 0 Å². The van der Waals surface area contributed by atoms with E-state index in [0.29, 0.717) is 6.04 Å². The quantitative estimate of drug-likeness (QED) is 0.611. The Balaban J connectivity index is 2.57. The molecule has 0 saturated carbocycles. The molecule has 0 saturated heterocycles. The Morgan fingerprint density at radius 1 is 0.923 bits per heavy atom. The van der Waals surface area contributed by atoms with Crippen LogP contribution in [-0.2, 0) is 0 Å². The third kappa shape index (κ3) is 1.62. The van der Waals surface area contributed by atoms with Crippen LogP contribution in [0.4, 0.5) is 0 Å². The van der Waals surface area contributed by atoms with E-state index in [2.05, 4.69) is 19.1 Å². The molecule has 0 aliphatic rings. The molecule has 0 unspecified atom stereocenters. The molecule has 0 amide bonds. The average Bonchev–Trinajstić information content (AvgIpc) is 2.23.